The second kappa shape index (κ2) is 7.44. The fourth-order valence-corrected chi connectivity index (χ4v) is 2.29. The number of amides is 1. The second-order valence-electron chi connectivity index (χ2n) is 5.24. The standard InChI is InChI=1S/C20H17NO3/c22-14-18-10-11-19(24-18)16-7-4-8-17(13-16)21-20(23)12-9-15-5-2-1-3-6-15/h1-13,22H,14H2,(H,21,23)/b12-9+. The van der Waals surface area contributed by atoms with Gasteiger partial charge in [-0.25, -0.2) is 0 Å². The summed E-state index contributed by atoms with van der Waals surface area (Å²) in [5.74, 6) is 0.951. The lowest BCUT2D eigenvalue weighted by Gasteiger charge is -2.04. The van der Waals surface area contributed by atoms with Crippen molar-refractivity contribution < 1.29 is 14.3 Å². The van der Waals surface area contributed by atoms with Crippen LogP contribution < -0.4 is 5.32 Å². The van der Waals surface area contributed by atoms with E-state index in [-0.39, 0.29) is 12.5 Å². The molecule has 0 bridgehead atoms. The van der Waals surface area contributed by atoms with E-state index in [0.717, 1.165) is 11.1 Å². The summed E-state index contributed by atoms with van der Waals surface area (Å²) in [6.07, 6.45) is 3.26. The van der Waals surface area contributed by atoms with Crippen molar-refractivity contribution in [2.75, 3.05) is 5.32 Å². The Hall–Kier alpha value is -3.11. The second-order valence-corrected chi connectivity index (χ2v) is 5.24. The average Bonchev–Trinajstić information content (AvgIpc) is 3.10. The van der Waals surface area contributed by atoms with Crippen LogP contribution in [0.25, 0.3) is 17.4 Å². The van der Waals surface area contributed by atoms with Crippen molar-refractivity contribution >= 4 is 17.7 Å². The molecule has 24 heavy (non-hydrogen) atoms. The summed E-state index contributed by atoms with van der Waals surface area (Å²) in [5.41, 5.74) is 2.48. The van der Waals surface area contributed by atoms with Crippen molar-refractivity contribution in [1.29, 1.82) is 0 Å². The zero-order chi connectivity index (χ0) is 16.8. The number of nitrogens with one attached hydrogen (secondary N) is 1. The van der Waals surface area contributed by atoms with Crippen LogP contribution in [-0.2, 0) is 11.4 Å². The first-order valence-electron chi connectivity index (χ1n) is 7.59. The van der Waals surface area contributed by atoms with Crippen molar-refractivity contribution in [3.63, 3.8) is 0 Å². The number of carbonyl (C=O) groups excluding carboxylic acids is 1. The zero-order valence-corrected chi connectivity index (χ0v) is 13.0. The van der Waals surface area contributed by atoms with E-state index in [0.29, 0.717) is 17.2 Å². The molecule has 3 aromatic rings. The van der Waals surface area contributed by atoms with Gasteiger partial charge in [0.05, 0.1) is 0 Å². The third-order valence-corrected chi connectivity index (χ3v) is 3.46. The Morgan fingerprint density at radius 3 is 2.62 bits per heavy atom. The van der Waals surface area contributed by atoms with Crippen molar-refractivity contribution in [2.45, 2.75) is 6.61 Å². The first-order valence-corrected chi connectivity index (χ1v) is 7.59. The van der Waals surface area contributed by atoms with Crippen LogP contribution in [0.2, 0.25) is 0 Å². The number of anilines is 1. The van der Waals surface area contributed by atoms with Gasteiger partial charge in [-0.15, -0.1) is 0 Å². The van der Waals surface area contributed by atoms with Crippen LogP contribution in [0.4, 0.5) is 5.69 Å². The van der Waals surface area contributed by atoms with Crippen molar-refractivity contribution in [1.82, 2.24) is 0 Å². The highest BCUT2D eigenvalue weighted by Gasteiger charge is 2.06. The summed E-state index contributed by atoms with van der Waals surface area (Å²) in [6.45, 7) is -0.138. The van der Waals surface area contributed by atoms with Gasteiger partial charge in [0.2, 0.25) is 5.91 Å². The molecule has 2 aromatic carbocycles. The number of furan rings is 1. The Balaban J connectivity index is 1.70. The molecule has 1 heterocycles. The van der Waals surface area contributed by atoms with Gasteiger partial charge in [0.25, 0.3) is 0 Å². The minimum Gasteiger partial charge on any atom is -0.459 e. The predicted molar refractivity (Wildman–Crippen MR) is 94.2 cm³/mol. The van der Waals surface area contributed by atoms with Gasteiger partial charge in [0, 0.05) is 17.3 Å². The molecule has 0 atom stereocenters. The molecule has 0 aliphatic heterocycles. The molecule has 4 nitrogen and oxygen atoms in total. The SMILES string of the molecule is O=C(/C=C/c1ccccc1)Nc1cccc(-c2ccc(CO)o2)c1. The Morgan fingerprint density at radius 2 is 1.88 bits per heavy atom. The maximum absolute atomic E-state index is 12.0. The lowest BCUT2D eigenvalue weighted by molar-refractivity contribution is -0.111. The molecule has 0 saturated heterocycles. The van der Waals surface area contributed by atoms with Crippen LogP contribution in [-0.4, -0.2) is 11.0 Å². The molecule has 1 amide bonds. The van der Waals surface area contributed by atoms with Gasteiger partial charge in [-0.1, -0.05) is 42.5 Å². The van der Waals surface area contributed by atoms with Gasteiger partial charge in [-0.3, -0.25) is 4.79 Å². The van der Waals surface area contributed by atoms with Gasteiger partial charge >= 0.3 is 0 Å². The number of aliphatic hydroxyl groups excluding tert-OH is 1. The maximum atomic E-state index is 12.0. The highest BCUT2D eigenvalue weighted by molar-refractivity contribution is 6.02. The van der Waals surface area contributed by atoms with Crippen LogP contribution in [0, 0.1) is 0 Å². The highest BCUT2D eigenvalue weighted by atomic mass is 16.4. The molecule has 4 heteroatoms. The van der Waals surface area contributed by atoms with Gasteiger partial charge in [0.1, 0.15) is 18.1 Å². The fourth-order valence-electron chi connectivity index (χ4n) is 2.29. The number of benzene rings is 2. The number of carbonyl (C=O) groups is 1. The summed E-state index contributed by atoms with van der Waals surface area (Å²) in [6, 6.07) is 20.5. The minimum absolute atomic E-state index is 0.138. The maximum Gasteiger partial charge on any atom is 0.248 e. The summed E-state index contributed by atoms with van der Waals surface area (Å²) < 4.78 is 5.51. The van der Waals surface area contributed by atoms with E-state index < -0.39 is 0 Å². The van der Waals surface area contributed by atoms with Crippen LogP contribution in [0.1, 0.15) is 11.3 Å². The number of hydrogen-bond donors (Lipinski definition) is 2. The van der Waals surface area contributed by atoms with Crippen molar-refractivity contribution in [3.8, 4) is 11.3 Å². The van der Waals surface area contributed by atoms with Gasteiger partial charge < -0.3 is 14.8 Å². The monoisotopic (exact) mass is 319 g/mol. The molecule has 0 radical (unpaired) electrons. The van der Waals surface area contributed by atoms with E-state index in [9.17, 15) is 4.79 Å². The minimum atomic E-state index is -0.202. The molecule has 3 rings (SSSR count). The molecular weight excluding hydrogens is 302 g/mol. The van der Waals surface area contributed by atoms with Crippen LogP contribution in [0.5, 0.6) is 0 Å². The van der Waals surface area contributed by atoms with Crippen LogP contribution in [0.15, 0.2) is 77.2 Å². The first-order chi connectivity index (χ1) is 11.7. The molecule has 0 unspecified atom stereocenters. The first kappa shape index (κ1) is 15.8. The Morgan fingerprint density at radius 1 is 1.04 bits per heavy atom. The third-order valence-electron chi connectivity index (χ3n) is 3.46. The van der Waals surface area contributed by atoms with E-state index >= 15 is 0 Å². The lowest BCUT2D eigenvalue weighted by Crippen LogP contribution is -2.07. The molecule has 0 aliphatic rings. The molecule has 120 valence electrons. The van der Waals surface area contributed by atoms with E-state index in [1.807, 2.05) is 54.6 Å². The molecule has 0 aliphatic carbocycles. The highest BCUT2D eigenvalue weighted by Crippen LogP contribution is 2.25. The summed E-state index contributed by atoms with van der Waals surface area (Å²) >= 11 is 0. The average molecular weight is 319 g/mol. The van der Waals surface area contributed by atoms with Crippen LogP contribution in [0.3, 0.4) is 0 Å². The number of aliphatic hydroxyl groups is 1. The third kappa shape index (κ3) is 4.00. The smallest absolute Gasteiger partial charge is 0.248 e. The largest absolute Gasteiger partial charge is 0.459 e. The number of rotatable bonds is 5. The normalized spacial score (nSPS) is 10.9. The van der Waals surface area contributed by atoms with Gasteiger partial charge in [0.15, 0.2) is 0 Å². The molecule has 0 saturated carbocycles. The van der Waals surface area contributed by atoms with Gasteiger partial charge in [-0.05, 0) is 35.9 Å². The summed E-state index contributed by atoms with van der Waals surface area (Å²) in [4.78, 5) is 12.0. The molecule has 2 N–H and O–H groups in total. The predicted octanol–water partition coefficient (Wildman–Crippen LogP) is 4.09. The zero-order valence-electron chi connectivity index (χ0n) is 13.0. The summed E-state index contributed by atoms with van der Waals surface area (Å²) in [7, 11) is 0. The fraction of sp³-hybridized carbons (Fsp3) is 0.0500. The number of hydrogen-bond acceptors (Lipinski definition) is 3. The van der Waals surface area contributed by atoms with E-state index in [1.165, 1.54) is 6.08 Å². The topological polar surface area (TPSA) is 62.5 Å². The lowest BCUT2D eigenvalue weighted by atomic mass is 10.1. The van der Waals surface area contributed by atoms with Gasteiger partial charge in [-0.2, -0.15) is 0 Å². The van der Waals surface area contributed by atoms with Crippen molar-refractivity contribution in [3.05, 3.63) is 84.1 Å². The Labute approximate surface area is 140 Å². The Bertz CT molecular complexity index is 850. The van der Waals surface area contributed by atoms with E-state index in [4.69, 9.17) is 9.52 Å². The molecule has 0 spiro atoms. The Kier molecular flexibility index (Phi) is 4.89. The van der Waals surface area contributed by atoms with E-state index in [2.05, 4.69) is 5.32 Å². The van der Waals surface area contributed by atoms with E-state index in [1.54, 1.807) is 18.2 Å². The quantitative estimate of drug-likeness (QED) is 0.696. The molecule has 1 aromatic heterocycles. The van der Waals surface area contributed by atoms with Crippen molar-refractivity contribution in [2.24, 2.45) is 0 Å². The molecular formula is C20H17NO3. The summed E-state index contributed by atoms with van der Waals surface area (Å²) in [5, 5.41) is 11.9. The van der Waals surface area contributed by atoms with Crippen LogP contribution >= 0.6 is 0 Å². The molecule has 0 fully saturated rings.